The molecule has 0 saturated carbocycles. The molecule has 0 spiro atoms. The summed E-state index contributed by atoms with van der Waals surface area (Å²) in [6.07, 6.45) is 0.948. The van der Waals surface area contributed by atoms with Gasteiger partial charge in [0.25, 0.3) is 0 Å². The molecule has 0 aliphatic carbocycles. The van der Waals surface area contributed by atoms with Crippen LogP contribution < -0.4 is 0 Å². The summed E-state index contributed by atoms with van der Waals surface area (Å²) in [5.41, 5.74) is -0.417. The second-order valence-electron chi connectivity index (χ2n) is 2.08. The predicted molar refractivity (Wildman–Crippen MR) is 50.4 cm³/mol. The highest BCUT2D eigenvalue weighted by atomic mass is 35.5. The van der Waals surface area contributed by atoms with Gasteiger partial charge in [-0.1, -0.05) is 35.9 Å². The lowest BCUT2D eigenvalue weighted by Crippen LogP contribution is -2.00. The zero-order valence-corrected chi connectivity index (χ0v) is 8.29. The number of rotatable bonds is 3. The van der Waals surface area contributed by atoms with Gasteiger partial charge in [-0.05, 0) is 6.92 Å². The molecule has 0 aliphatic heterocycles. The van der Waals surface area contributed by atoms with Crippen molar-refractivity contribution < 1.29 is 14.3 Å². The minimum Gasteiger partial charge on any atom is -0.478 e. The maximum atomic E-state index is 13.0. The monoisotopic (exact) mass is 224 g/mol. The van der Waals surface area contributed by atoms with Gasteiger partial charge in [-0.2, -0.15) is 0 Å². The van der Waals surface area contributed by atoms with Crippen LogP contribution in [-0.2, 0) is 4.79 Å². The van der Waals surface area contributed by atoms with Crippen molar-refractivity contribution in [1.29, 1.82) is 0 Å². The normalized spacial score (nSPS) is 14.5. The Morgan fingerprint density at radius 1 is 1.54 bits per heavy atom. The molecule has 0 saturated heterocycles. The van der Waals surface area contributed by atoms with Crippen LogP contribution in [0.2, 0.25) is 0 Å². The van der Waals surface area contributed by atoms with E-state index in [9.17, 15) is 9.18 Å². The molecule has 13 heavy (non-hydrogen) atoms. The van der Waals surface area contributed by atoms with E-state index in [1.54, 1.807) is 0 Å². The SMILES string of the molecule is C=C/C(C(=O)O)=C(Cl)\C(F)=C(/C)Cl. The molecule has 72 valence electrons. The van der Waals surface area contributed by atoms with E-state index in [2.05, 4.69) is 6.58 Å². The molecule has 0 rings (SSSR count). The highest BCUT2D eigenvalue weighted by Crippen LogP contribution is 2.25. The Hall–Kier alpha value is -0.800. The first-order chi connectivity index (χ1) is 5.91. The maximum absolute atomic E-state index is 13.0. The average Bonchev–Trinajstić information content (AvgIpc) is 2.03. The van der Waals surface area contributed by atoms with Gasteiger partial charge < -0.3 is 5.11 Å². The van der Waals surface area contributed by atoms with Crippen molar-refractivity contribution in [2.24, 2.45) is 0 Å². The molecule has 1 N–H and O–H groups in total. The minimum absolute atomic E-state index is 0.203. The van der Waals surface area contributed by atoms with E-state index in [1.165, 1.54) is 6.92 Å². The molecule has 2 nitrogen and oxygen atoms in total. The predicted octanol–water partition coefficient (Wildman–Crippen LogP) is 3.19. The molecule has 0 aromatic carbocycles. The molecule has 0 amide bonds. The van der Waals surface area contributed by atoms with E-state index in [-0.39, 0.29) is 5.03 Å². The lowest BCUT2D eigenvalue weighted by molar-refractivity contribution is -0.132. The minimum atomic E-state index is -1.35. The molecule has 0 atom stereocenters. The van der Waals surface area contributed by atoms with Gasteiger partial charge in [0, 0.05) is 0 Å². The Labute approximate surface area is 85.0 Å². The quantitative estimate of drug-likeness (QED) is 0.591. The van der Waals surface area contributed by atoms with Gasteiger partial charge in [0.05, 0.1) is 15.6 Å². The summed E-state index contributed by atoms with van der Waals surface area (Å²) >= 11 is 10.7. The molecule has 0 fully saturated rings. The third-order valence-corrected chi connectivity index (χ3v) is 1.70. The number of aliphatic carboxylic acids is 1. The zero-order chi connectivity index (χ0) is 10.6. The van der Waals surface area contributed by atoms with Gasteiger partial charge in [0.1, 0.15) is 0 Å². The first-order valence-corrected chi connectivity index (χ1v) is 3.95. The average molecular weight is 225 g/mol. The Kier molecular flexibility index (Phi) is 4.73. The summed E-state index contributed by atoms with van der Waals surface area (Å²) in [6, 6.07) is 0. The number of carboxylic acid groups (broad SMARTS) is 1. The van der Waals surface area contributed by atoms with Gasteiger partial charge in [-0.25, -0.2) is 9.18 Å². The molecule has 0 bridgehead atoms. The second kappa shape index (κ2) is 5.04. The lowest BCUT2D eigenvalue weighted by Gasteiger charge is -1.99. The van der Waals surface area contributed by atoms with Crippen LogP contribution in [0.4, 0.5) is 4.39 Å². The fraction of sp³-hybridized carbons (Fsp3) is 0.125. The van der Waals surface area contributed by atoms with Crippen LogP contribution in [-0.4, -0.2) is 11.1 Å². The highest BCUT2D eigenvalue weighted by Gasteiger charge is 2.14. The molecule has 0 radical (unpaired) electrons. The van der Waals surface area contributed by atoms with Crippen LogP contribution in [0.25, 0.3) is 0 Å². The Morgan fingerprint density at radius 2 is 2.00 bits per heavy atom. The van der Waals surface area contributed by atoms with Crippen molar-refractivity contribution in [3.05, 3.63) is 34.1 Å². The summed E-state index contributed by atoms with van der Waals surface area (Å²) in [7, 11) is 0. The van der Waals surface area contributed by atoms with Gasteiger partial charge in [0.2, 0.25) is 0 Å². The second-order valence-corrected chi connectivity index (χ2v) is 3.03. The van der Waals surface area contributed by atoms with Crippen molar-refractivity contribution in [1.82, 2.24) is 0 Å². The first-order valence-electron chi connectivity index (χ1n) is 3.19. The fourth-order valence-corrected chi connectivity index (χ4v) is 0.983. The van der Waals surface area contributed by atoms with Crippen LogP contribution in [0.5, 0.6) is 0 Å². The number of halogens is 3. The van der Waals surface area contributed by atoms with Gasteiger partial charge >= 0.3 is 5.97 Å². The highest BCUT2D eigenvalue weighted by molar-refractivity contribution is 6.36. The van der Waals surface area contributed by atoms with Crippen LogP contribution in [0.15, 0.2) is 34.1 Å². The number of allylic oxidation sites excluding steroid dienone is 3. The summed E-state index contributed by atoms with van der Waals surface area (Å²) in [5.74, 6) is -2.31. The molecule has 0 unspecified atom stereocenters. The maximum Gasteiger partial charge on any atom is 0.337 e. The van der Waals surface area contributed by atoms with Crippen molar-refractivity contribution >= 4 is 29.2 Å². The van der Waals surface area contributed by atoms with E-state index in [0.717, 1.165) is 6.08 Å². The summed E-state index contributed by atoms with van der Waals surface area (Å²) in [4.78, 5) is 10.5. The number of hydrogen-bond donors (Lipinski definition) is 1. The summed E-state index contributed by atoms with van der Waals surface area (Å²) < 4.78 is 13.0. The third-order valence-electron chi connectivity index (χ3n) is 1.17. The van der Waals surface area contributed by atoms with Crippen molar-refractivity contribution in [2.75, 3.05) is 0 Å². The Balaban J connectivity index is 5.34. The number of carboxylic acids is 1. The summed E-state index contributed by atoms with van der Waals surface area (Å²) in [6.45, 7) is 4.46. The van der Waals surface area contributed by atoms with Crippen LogP contribution in [0.3, 0.4) is 0 Å². The van der Waals surface area contributed by atoms with Crippen LogP contribution in [0.1, 0.15) is 6.92 Å². The van der Waals surface area contributed by atoms with E-state index >= 15 is 0 Å². The third kappa shape index (κ3) is 3.20. The smallest absolute Gasteiger partial charge is 0.337 e. The number of carbonyl (C=O) groups is 1. The zero-order valence-electron chi connectivity index (χ0n) is 6.77. The molecule has 0 heterocycles. The Morgan fingerprint density at radius 3 is 2.23 bits per heavy atom. The van der Waals surface area contributed by atoms with Crippen LogP contribution in [0, 0.1) is 0 Å². The molecule has 5 heteroatoms. The summed E-state index contributed by atoms with van der Waals surface area (Å²) in [5, 5.41) is 7.78. The van der Waals surface area contributed by atoms with E-state index < -0.39 is 22.4 Å². The Bertz CT molecular complexity index is 301. The van der Waals surface area contributed by atoms with Gasteiger partial charge in [-0.15, -0.1) is 0 Å². The molecule has 0 aromatic rings. The molecular weight excluding hydrogens is 218 g/mol. The fourth-order valence-electron chi connectivity index (χ4n) is 0.540. The van der Waals surface area contributed by atoms with E-state index in [0.29, 0.717) is 0 Å². The lowest BCUT2D eigenvalue weighted by atomic mass is 10.2. The molecule has 0 aromatic heterocycles. The van der Waals surface area contributed by atoms with Crippen molar-refractivity contribution in [3.63, 3.8) is 0 Å². The van der Waals surface area contributed by atoms with E-state index in [1.807, 2.05) is 0 Å². The topological polar surface area (TPSA) is 37.3 Å². The largest absolute Gasteiger partial charge is 0.478 e. The molecular formula is C8H7Cl2FO2. The first kappa shape index (κ1) is 12.2. The standard InChI is InChI=1S/C8H7Cl2FO2/c1-3-5(8(12)13)6(10)7(11)4(2)9/h3H,1H2,2H3,(H,12,13)/b6-5-,7-4-. The van der Waals surface area contributed by atoms with Gasteiger partial charge in [-0.3, -0.25) is 0 Å². The van der Waals surface area contributed by atoms with E-state index in [4.69, 9.17) is 28.3 Å². The number of hydrogen-bond acceptors (Lipinski definition) is 1. The van der Waals surface area contributed by atoms with Gasteiger partial charge in [0.15, 0.2) is 5.83 Å². The van der Waals surface area contributed by atoms with Crippen molar-refractivity contribution in [3.8, 4) is 0 Å². The van der Waals surface area contributed by atoms with Crippen LogP contribution >= 0.6 is 23.2 Å². The molecule has 0 aliphatic rings. The van der Waals surface area contributed by atoms with Crippen molar-refractivity contribution in [2.45, 2.75) is 6.92 Å².